The first kappa shape index (κ1) is 14.4. The largest absolute Gasteiger partial charge is 0.439 e. The molecule has 0 unspecified atom stereocenters. The van der Waals surface area contributed by atoms with E-state index in [4.69, 9.17) is 4.74 Å². The lowest BCUT2D eigenvalue weighted by molar-refractivity contribution is 0.462. The standard InChI is InChI=1S/C19H20N2O/c1-3-7-16-12-19(20-14-15(16)2)22-18-9-6-8-17(13-18)21-10-4-5-11-21/h3,6-9,12-14H,1-2,4-5,10-11H2/b16-7-. The molecule has 3 nitrogen and oxygen atoms in total. The minimum Gasteiger partial charge on any atom is -0.439 e. The summed E-state index contributed by atoms with van der Waals surface area (Å²) < 4.78 is 5.90. The number of pyridine rings is 1. The van der Waals surface area contributed by atoms with Gasteiger partial charge < -0.3 is 9.64 Å². The van der Waals surface area contributed by atoms with Crippen LogP contribution in [-0.2, 0) is 0 Å². The van der Waals surface area contributed by atoms with Crippen molar-refractivity contribution in [3.63, 3.8) is 0 Å². The molecule has 112 valence electrons. The van der Waals surface area contributed by atoms with E-state index in [9.17, 15) is 0 Å². The summed E-state index contributed by atoms with van der Waals surface area (Å²) in [5, 5.41) is 1.83. The second-order valence-corrected chi connectivity index (χ2v) is 5.42. The van der Waals surface area contributed by atoms with E-state index >= 15 is 0 Å². The Morgan fingerprint density at radius 2 is 2.00 bits per heavy atom. The smallest absolute Gasteiger partial charge is 0.219 e. The molecule has 1 aliphatic rings. The number of rotatable bonds is 4. The number of benzene rings is 1. The molecule has 2 heterocycles. The summed E-state index contributed by atoms with van der Waals surface area (Å²) in [6.07, 6.45) is 7.88. The van der Waals surface area contributed by atoms with Crippen LogP contribution in [0.15, 0.2) is 49.2 Å². The second-order valence-electron chi connectivity index (χ2n) is 5.42. The first-order chi connectivity index (χ1) is 10.8. The number of hydrogen-bond acceptors (Lipinski definition) is 3. The third-order valence-corrected chi connectivity index (χ3v) is 3.81. The summed E-state index contributed by atoms with van der Waals surface area (Å²) in [6.45, 7) is 9.91. The van der Waals surface area contributed by atoms with Gasteiger partial charge in [-0.05, 0) is 35.4 Å². The van der Waals surface area contributed by atoms with Crippen molar-refractivity contribution in [3.8, 4) is 11.6 Å². The van der Waals surface area contributed by atoms with Crippen molar-refractivity contribution in [2.45, 2.75) is 12.8 Å². The fourth-order valence-electron chi connectivity index (χ4n) is 2.66. The maximum atomic E-state index is 5.90. The lowest BCUT2D eigenvalue weighted by atomic mass is 10.2. The summed E-state index contributed by atoms with van der Waals surface area (Å²) in [5.41, 5.74) is 1.21. The van der Waals surface area contributed by atoms with E-state index in [2.05, 4.69) is 35.2 Å². The van der Waals surface area contributed by atoms with Crippen LogP contribution in [0, 0.1) is 0 Å². The van der Waals surface area contributed by atoms with Crippen LogP contribution in [0.5, 0.6) is 11.6 Å². The topological polar surface area (TPSA) is 25.4 Å². The van der Waals surface area contributed by atoms with Gasteiger partial charge in [-0.15, -0.1) is 0 Å². The average molecular weight is 292 g/mol. The first-order valence-electron chi connectivity index (χ1n) is 7.57. The summed E-state index contributed by atoms with van der Waals surface area (Å²) in [5.74, 6) is 1.37. The Labute approximate surface area is 130 Å². The van der Waals surface area contributed by atoms with Gasteiger partial charge >= 0.3 is 0 Å². The van der Waals surface area contributed by atoms with Gasteiger partial charge in [-0.25, -0.2) is 4.98 Å². The highest BCUT2D eigenvalue weighted by Gasteiger charge is 2.12. The van der Waals surface area contributed by atoms with E-state index in [1.54, 1.807) is 12.3 Å². The Balaban J connectivity index is 1.85. The van der Waals surface area contributed by atoms with E-state index in [0.717, 1.165) is 29.3 Å². The van der Waals surface area contributed by atoms with Gasteiger partial charge in [0.25, 0.3) is 0 Å². The number of anilines is 1. The third-order valence-electron chi connectivity index (χ3n) is 3.81. The molecule has 2 aromatic rings. The minimum atomic E-state index is 0.569. The molecule has 1 saturated heterocycles. The van der Waals surface area contributed by atoms with Crippen molar-refractivity contribution in [1.82, 2.24) is 4.98 Å². The van der Waals surface area contributed by atoms with Crippen molar-refractivity contribution >= 4 is 18.3 Å². The van der Waals surface area contributed by atoms with Crippen LogP contribution in [0.25, 0.3) is 12.7 Å². The molecule has 22 heavy (non-hydrogen) atoms. The van der Waals surface area contributed by atoms with Gasteiger partial charge in [0.15, 0.2) is 0 Å². The zero-order chi connectivity index (χ0) is 15.4. The zero-order valence-electron chi connectivity index (χ0n) is 12.7. The van der Waals surface area contributed by atoms with Gasteiger partial charge in [-0.3, -0.25) is 0 Å². The van der Waals surface area contributed by atoms with Gasteiger partial charge in [-0.1, -0.05) is 31.4 Å². The summed E-state index contributed by atoms with van der Waals surface area (Å²) >= 11 is 0. The molecular formula is C19H20N2O. The first-order valence-corrected chi connectivity index (χ1v) is 7.57. The third kappa shape index (κ3) is 3.19. The van der Waals surface area contributed by atoms with Gasteiger partial charge in [0, 0.05) is 37.1 Å². The number of aromatic nitrogens is 1. The SMILES string of the molecule is C=C/C=c1/cc(Oc2cccc(N3CCCC3)c2)ncc1=C. The Bertz CT molecular complexity index is 776. The van der Waals surface area contributed by atoms with Crippen LogP contribution in [0.3, 0.4) is 0 Å². The molecule has 0 radical (unpaired) electrons. The van der Waals surface area contributed by atoms with Crippen LogP contribution in [0.1, 0.15) is 12.8 Å². The monoisotopic (exact) mass is 292 g/mol. The molecule has 0 aliphatic carbocycles. The highest BCUT2D eigenvalue weighted by atomic mass is 16.5. The predicted octanol–water partition coefficient (Wildman–Crippen LogP) is 2.85. The quantitative estimate of drug-likeness (QED) is 0.866. The molecule has 1 aliphatic heterocycles. The van der Waals surface area contributed by atoms with E-state index in [1.807, 2.05) is 24.3 Å². The molecule has 1 fully saturated rings. The highest BCUT2D eigenvalue weighted by Crippen LogP contribution is 2.26. The molecular weight excluding hydrogens is 272 g/mol. The van der Waals surface area contributed by atoms with Crippen molar-refractivity contribution in [2.24, 2.45) is 0 Å². The van der Waals surface area contributed by atoms with E-state index in [-0.39, 0.29) is 0 Å². The molecule has 0 N–H and O–H groups in total. The van der Waals surface area contributed by atoms with E-state index in [1.165, 1.54) is 18.5 Å². The summed E-state index contributed by atoms with van der Waals surface area (Å²) in [4.78, 5) is 6.68. The summed E-state index contributed by atoms with van der Waals surface area (Å²) in [6, 6.07) is 10.1. The van der Waals surface area contributed by atoms with Gasteiger partial charge in [-0.2, -0.15) is 0 Å². The molecule has 3 rings (SSSR count). The molecule has 0 bridgehead atoms. The van der Waals surface area contributed by atoms with Crippen LogP contribution in [-0.4, -0.2) is 18.1 Å². The average Bonchev–Trinajstić information content (AvgIpc) is 3.06. The molecule has 0 atom stereocenters. The fourth-order valence-corrected chi connectivity index (χ4v) is 2.66. The molecule has 0 saturated carbocycles. The number of nitrogens with zero attached hydrogens (tertiary/aromatic N) is 2. The number of ether oxygens (including phenoxy) is 1. The molecule has 3 heteroatoms. The Morgan fingerprint density at radius 3 is 2.77 bits per heavy atom. The van der Waals surface area contributed by atoms with Crippen molar-refractivity contribution in [3.05, 3.63) is 59.6 Å². The van der Waals surface area contributed by atoms with Crippen molar-refractivity contribution < 1.29 is 4.74 Å². The fraction of sp³-hybridized carbons (Fsp3) is 0.211. The Morgan fingerprint density at radius 1 is 1.18 bits per heavy atom. The Hall–Kier alpha value is -2.55. The maximum absolute atomic E-state index is 5.90. The predicted molar refractivity (Wildman–Crippen MR) is 91.6 cm³/mol. The maximum Gasteiger partial charge on any atom is 0.219 e. The number of allylic oxidation sites excluding steroid dienone is 1. The van der Waals surface area contributed by atoms with Crippen LogP contribution < -0.4 is 20.1 Å². The highest BCUT2D eigenvalue weighted by molar-refractivity contribution is 5.52. The zero-order valence-corrected chi connectivity index (χ0v) is 12.7. The van der Waals surface area contributed by atoms with Crippen molar-refractivity contribution in [2.75, 3.05) is 18.0 Å². The lowest BCUT2D eigenvalue weighted by Gasteiger charge is -2.18. The van der Waals surface area contributed by atoms with E-state index < -0.39 is 0 Å². The van der Waals surface area contributed by atoms with Crippen LogP contribution in [0.2, 0.25) is 0 Å². The molecule has 0 amide bonds. The number of hydrogen-bond donors (Lipinski definition) is 0. The van der Waals surface area contributed by atoms with Gasteiger partial charge in [0.05, 0.1) is 0 Å². The van der Waals surface area contributed by atoms with Crippen molar-refractivity contribution in [1.29, 1.82) is 0 Å². The minimum absolute atomic E-state index is 0.569. The second kappa shape index (κ2) is 6.48. The van der Waals surface area contributed by atoms with Gasteiger partial charge in [0.1, 0.15) is 5.75 Å². The van der Waals surface area contributed by atoms with Crippen LogP contribution in [0.4, 0.5) is 5.69 Å². The van der Waals surface area contributed by atoms with Crippen LogP contribution >= 0.6 is 0 Å². The molecule has 1 aromatic heterocycles. The Kier molecular flexibility index (Phi) is 4.24. The van der Waals surface area contributed by atoms with Gasteiger partial charge in [0.2, 0.25) is 5.88 Å². The molecule has 1 aromatic carbocycles. The summed E-state index contributed by atoms with van der Waals surface area (Å²) in [7, 11) is 0. The lowest BCUT2D eigenvalue weighted by Crippen LogP contribution is -2.23. The van der Waals surface area contributed by atoms with E-state index in [0.29, 0.717) is 5.88 Å². The molecule has 0 spiro atoms. The normalized spacial score (nSPS) is 15.1.